The third-order valence-corrected chi connectivity index (χ3v) is 2.05. The van der Waals surface area contributed by atoms with Crippen LogP contribution in [0.2, 0.25) is 0 Å². The molecule has 0 radical (unpaired) electrons. The molecule has 1 saturated heterocycles. The summed E-state index contributed by atoms with van der Waals surface area (Å²) in [6, 6.07) is 0. The Labute approximate surface area is 74.5 Å². The monoisotopic (exact) mass is 190 g/mol. The molecule has 1 N–H and O–H groups in total. The van der Waals surface area contributed by atoms with E-state index in [1.807, 2.05) is 0 Å². The number of thioether (sulfide) groups is 1. The van der Waals surface area contributed by atoms with E-state index >= 15 is 0 Å². The minimum Gasteiger partial charge on any atom is -0.374 e. The van der Waals surface area contributed by atoms with Crippen molar-refractivity contribution >= 4 is 22.9 Å². The van der Waals surface area contributed by atoms with Gasteiger partial charge in [-0.05, 0) is 0 Å². The fourth-order valence-electron chi connectivity index (χ4n) is 0.610. The lowest BCUT2D eigenvalue weighted by molar-refractivity contribution is 0.149. The smallest absolute Gasteiger partial charge is 0.374 e. The zero-order valence-electron chi connectivity index (χ0n) is 6.70. The molecule has 0 aromatic carbocycles. The summed E-state index contributed by atoms with van der Waals surface area (Å²) in [5.74, 6) is 0.857. The van der Waals surface area contributed by atoms with Gasteiger partial charge in [0.15, 0.2) is 0 Å². The van der Waals surface area contributed by atoms with E-state index in [2.05, 4.69) is 15.3 Å². The van der Waals surface area contributed by atoms with Gasteiger partial charge in [0.1, 0.15) is 5.04 Å². The SMILES string of the molecule is CNC(=O)O/N=C1\COCCS1. The van der Waals surface area contributed by atoms with E-state index in [1.54, 1.807) is 0 Å². The van der Waals surface area contributed by atoms with Gasteiger partial charge in [0, 0.05) is 12.8 Å². The van der Waals surface area contributed by atoms with Crippen LogP contribution < -0.4 is 5.32 Å². The number of hydrogen-bond acceptors (Lipinski definition) is 5. The van der Waals surface area contributed by atoms with Gasteiger partial charge in [-0.25, -0.2) is 4.79 Å². The van der Waals surface area contributed by atoms with Crippen molar-refractivity contribution < 1.29 is 14.4 Å². The number of carbonyl (C=O) groups excluding carboxylic acids is 1. The molecular formula is C6H10N2O3S. The Kier molecular flexibility index (Phi) is 3.89. The van der Waals surface area contributed by atoms with E-state index in [1.165, 1.54) is 18.8 Å². The van der Waals surface area contributed by atoms with Crippen LogP contribution in [0.25, 0.3) is 0 Å². The summed E-state index contributed by atoms with van der Waals surface area (Å²) in [6.07, 6.45) is -0.561. The van der Waals surface area contributed by atoms with E-state index in [-0.39, 0.29) is 0 Å². The van der Waals surface area contributed by atoms with E-state index in [4.69, 9.17) is 4.74 Å². The van der Waals surface area contributed by atoms with Crippen LogP contribution in [0.1, 0.15) is 0 Å². The second kappa shape index (κ2) is 5.00. The van der Waals surface area contributed by atoms with Crippen LogP contribution in [0.3, 0.4) is 0 Å². The van der Waals surface area contributed by atoms with Crippen molar-refractivity contribution in [1.82, 2.24) is 5.32 Å². The second-order valence-corrected chi connectivity index (χ2v) is 3.18. The molecular weight excluding hydrogens is 180 g/mol. The lowest BCUT2D eigenvalue weighted by Crippen LogP contribution is -2.20. The average molecular weight is 190 g/mol. The van der Waals surface area contributed by atoms with Gasteiger partial charge in [0.25, 0.3) is 0 Å². The highest BCUT2D eigenvalue weighted by atomic mass is 32.2. The molecule has 0 aliphatic carbocycles. The van der Waals surface area contributed by atoms with Gasteiger partial charge in [0.2, 0.25) is 0 Å². The van der Waals surface area contributed by atoms with Gasteiger partial charge >= 0.3 is 6.09 Å². The number of rotatable bonds is 1. The van der Waals surface area contributed by atoms with Crippen LogP contribution in [0.4, 0.5) is 4.79 Å². The fourth-order valence-corrected chi connectivity index (χ4v) is 1.30. The number of oxime groups is 1. The Morgan fingerprint density at radius 2 is 2.67 bits per heavy atom. The minimum atomic E-state index is -0.561. The first-order chi connectivity index (χ1) is 5.83. The van der Waals surface area contributed by atoms with Crippen molar-refractivity contribution in [3.05, 3.63) is 0 Å². The van der Waals surface area contributed by atoms with Crippen molar-refractivity contribution in [2.24, 2.45) is 5.16 Å². The molecule has 0 bridgehead atoms. The predicted molar refractivity (Wildman–Crippen MR) is 46.3 cm³/mol. The highest BCUT2D eigenvalue weighted by molar-refractivity contribution is 8.14. The van der Waals surface area contributed by atoms with Gasteiger partial charge in [-0.2, -0.15) is 0 Å². The Morgan fingerprint density at radius 3 is 3.25 bits per heavy atom. The summed E-state index contributed by atoms with van der Waals surface area (Å²) in [7, 11) is 1.48. The van der Waals surface area contributed by atoms with Gasteiger partial charge in [0.05, 0.1) is 13.2 Å². The molecule has 0 spiro atoms. The van der Waals surface area contributed by atoms with Crippen molar-refractivity contribution in [3.8, 4) is 0 Å². The standard InChI is InChI=1S/C6H10N2O3S/c1-7-6(9)11-8-5-4-10-2-3-12-5/h2-4H2,1H3,(H,7,9)/b8-5+. The summed E-state index contributed by atoms with van der Waals surface area (Å²) in [5.41, 5.74) is 0. The highest BCUT2D eigenvalue weighted by Crippen LogP contribution is 2.10. The molecule has 1 amide bonds. The van der Waals surface area contributed by atoms with Crippen molar-refractivity contribution in [1.29, 1.82) is 0 Å². The van der Waals surface area contributed by atoms with Crippen LogP contribution in [-0.2, 0) is 9.57 Å². The summed E-state index contributed by atoms with van der Waals surface area (Å²) >= 11 is 1.54. The molecule has 1 fully saturated rings. The highest BCUT2D eigenvalue weighted by Gasteiger charge is 2.08. The van der Waals surface area contributed by atoms with Gasteiger partial charge < -0.3 is 10.1 Å². The van der Waals surface area contributed by atoms with E-state index in [0.29, 0.717) is 11.7 Å². The van der Waals surface area contributed by atoms with Crippen molar-refractivity contribution in [2.75, 3.05) is 26.0 Å². The van der Waals surface area contributed by atoms with Crippen LogP contribution in [0.5, 0.6) is 0 Å². The molecule has 12 heavy (non-hydrogen) atoms. The number of ether oxygens (including phenoxy) is 1. The first-order valence-electron chi connectivity index (χ1n) is 3.49. The predicted octanol–water partition coefficient (Wildman–Crippen LogP) is 0.419. The van der Waals surface area contributed by atoms with E-state index < -0.39 is 6.09 Å². The summed E-state index contributed by atoms with van der Waals surface area (Å²) < 4.78 is 5.08. The Morgan fingerprint density at radius 1 is 1.83 bits per heavy atom. The topological polar surface area (TPSA) is 59.9 Å². The fraction of sp³-hybridized carbons (Fsp3) is 0.667. The molecule has 1 heterocycles. The van der Waals surface area contributed by atoms with E-state index in [0.717, 1.165) is 12.4 Å². The van der Waals surface area contributed by atoms with Crippen LogP contribution in [0.15, 0.2) is 5.16 Å². The molecule has 1 aliphatic rings. The first-order valence-corrected chi connectivity index (χ1v) is 4.47. The molecule has 1 rings (SSSR count). The third-order valence-electron chi connectivity index (χ3n) is 1.16. The lowest BCUT2D eigenvalue weighted by atomic mass is 10.7. The van der Waals surface area contributed by atoms with Crippen molar-refractivity contribution in [2.45, 2.75) is 0 Å². The molecule has 0 aromatic heterocycles. The van der Waals surface area contributed by atoms with Gasteiger partial charge in [-0.1, -0.05) is 5.16 Å². The molecule has 0 saturated carbocycles. The zero-order valence-corrected chi connectivity index (χ0v) is 7.52. The quantitative estimate of drug-likeness (QED) is 0.481. The number of amides is 1. The van der Waals surface area contributed by atoms with Crippen LogP contribution >= 0.6 is 11.8 Å². The van der Waals surface area contributed by atoms with Crippen LogP contribution in [0, 0.1) is 0 Å². The maximum absolute atomic E-state index is 10.6. The number of hydrogen-bond donors (Lipinski definition) is 1. The second-order valence-electron chi connectivity index (χ2n) is 2.01. The third kappa shape index (κ3) is 3.10. The summed E-state index contributed by atoms with van der Waals surface area (Å²) in [4.78, 5) is 15.0. The summed E-state index contributed by atoms with van der Waals surface area (Å²) in [6.45, 7) is 1.16. The van der Waals surface area contributed by atoms with Gasteiger partial charge in [-0.15, -0.1) is 11.8 Å². The van der Waals surface area contributed by atoms with E-state index in [9.17, 15) is 4.79 Å². The maximum Gasteiger partial charge on any atom is 0.433 e. The first kappa shape index (κ1) is 9.34. The molecule has 0 atom stereocenters. The maximum atomic E-state index is 10.6. The Bertz CT molecular complexity index is 187. The number of nitrogens with one attached hydrogen (secondary N) is 1. The van der Waals surface area contributed by atoms with Crippen LogP contribution in [-0.4, -0.2) is 37.2 Å². The average Bonchev–Trinajstić information content (AvgIpc) is 2.16. The minimum absolute atomic E-state index is 0.432. The molecule has 5 nitrogen and oxygen atoms in total. The normalized spacial score (nSPS) is 20.6. The van der Waals surface area contributed by atoms with Gasteiger partial charge in [-0.3, -0.25) is 4.84 Å². The molecule has 0 aromatic rings. The Balaban J connectivity index is 2.29. The number of nitrogens with zero attached hydrogens (tertiary/aromatic N) is 1. The molecule has 0 unspecified atom stereocenters. The molecule has 1 aliphatic heterocycles. The largest absolute Gasteiger partial charge is 0.433 e. The summed E-state index contributed by atoms with van der Waals surface area (Å²) in [5, 5.41) is 6.58. The Hall–Kier alpha value is -0.750. The van der Waals surface area contributed by atoms with Crippen molar-refractivity contribution in [3.63, 3.8) is 0 Å². The molecule has 6 heteroatoms. The molecule has 68 valence electrons. The lowest BCUT2D eigenvalue weighted by Gasteiger charge is -2.11. The number of carbonyl (C=O) groups is 1. The zero-order chi connectivity index (χ0) is 8.81.